The molecule has 1 aliphatic heterocycles. The molecule has 1 fully saturated rings. The van der Waals surface area contributed by atoms with E-state index < -0.39 is 0 Å². The van der Waals surface area contributed by atoms with Gasteiger partial charge in [-0.3, -0.25) is 9.59 Å². The van der Waals surface area contributed by atoms with Gasteiger partial charge in [0.25, 0.3) is 5.91 Å². The van der Waals surface area contributed by atoms with Gasteiger partial charge >= 0.3 is 0 Å². The third-order valence-electron chi connectivity index (χ3n) is 4.41. The van der Waals surface area contributed by atoms with Crippen LogP contribution in [0, 0.1) is 6.92 Å². The van der Waals surface area contributed by atoms with Gasteiger partial charge < -0.3 is 10.2 Å². The van der Waals surface area contributed by atoms with E-state index in [0.29, 0.717) is 11.3 Å². The van der Waals surface area contributed by atoms with E-state index >= 15 is 0 Å². The molecule has 2 aromatic rings. The molecule has 124 valence electrons. The average molecular weight is 322 g/mol. The van der Waals surface area contributed by atoms with Crippen molar-refractivity contribution >= 4 is 17.5 Å². The summed E-state index contributed by atoms with van der Waals surface area (Å²) in [5, 5.41) is 2.73. The second-order valence-corrected chi connectivity index (χ2v) is 6.33. The van der Waals surface area contributed by atoms with Gasteiger partial charge in [-0.1, -0.05) is 35.9 Å². The Morgan fingerprint density at radius 1 is 1.12 bits per heavy atom. The first-order valence-electron chi connectivity index (χ1n) is 8.30. The number of carbonyl (C=O) groups is 2. The highest BCUT2D eigenvalue weighted by Gasteiger charge is 2.30. The lowest BCUT2D eigenvalue weighted by molar-refractivity contribution is -0.114. The first-order valence-corrected chi connectivity index (χ1v) is 8.30. The van der Waals surface area contributed by atoms with Crippen LogP contribution in [0.15, 0.2) is 48.5 Å². The molecule has 1 aliphatic rings. The van der Waals surface area contributed by atoms with Crippen LogP contribution in [0.25, 0.3) is 0 Å². The van der Waals surface area contributed by atoms with Crippen molar-refractivity contribution in [2.75, 3.05) is 11.9 Å². The fourth-order valence-electron chi connectivity index (χ4n) is 3.24. The Kier molecular flexibility index (Phi) is 4.65. The van der Waals surface area contributed by atoms with Crippen LogP contribution in [-0.4, -0.2) is 23.3 Å². The highest BCUT2D eigenvalue weighted by atomic mass is 16.2. The van der Waals surface area contributed by atoms with Gasteiger partial charge in [0.05, 0.1) is 6.04 Å². The Hall–Kier alpha value is -2.62. The number of hydrogen-bond donors (Lipinski definition) is 1. The highest BCUT2D eigenvalue weighted by molar-refractivity contribution is 5.97. The molecule has 0 saturated carbocycles. The van der Waals surface area contributed by atoms with E-state index in [2.05, 4.69) is 36.5 Å². The highest BCUT2D eigenvalue weighted by Crippen LogP contribution is 2.33. The van der Waals surface area contributed by atoms with Crippen molar-refractivity contribution in [3.8, 4) is 0 Å². The molecule has 0 bridgehead atoms. The Morgan fingerprint density at radius 3 is 2.58 bits per heavy atom. The molecule has 0 radical (unpaired) electrons. The third-order valence-corrected chi connectivity index (χ3v) is 4.41. The van der Waals surface area contributed by atoms with E-state index in [1.54, 1.807) is 24.3 Å². The average Bonchev–Trinajstić information content (AvgIpc) is 3.04. The van der Waals surface area contributed by atoms with Crippen molar-refractivity contribution in [1.82, 2.24) is 4.90 Å². The smallest absolute Gasteiger partial charge is 0.254 e. The van der Waals surface area contributed by atoms with E-state index in [-0.39, 0.29) is 17.9 Å². The van der Waals surface area contributed by atoms with Gasteiger partial charge in [0.2, 0.25) is 5.91 Å². The van der Waals surface area contributed by atoms with Gasteiger partial charge in [-0.15, -0.1) is 0 Å². The maximum absolute atomic E-state index is 12.9. The number of nitrogens with one attached hydrogen (secondary N) is 1. The molecular formula is C20H22N2O2. The summed E-state index contributed by atoms with van der Waals surface area (Å²) >= 11 is 0. The summed E-state index contributed by atoms with van der Waals surface area (Å²) in [5.41, 5.74) is 3.67. The minimum atomic E-state index is -0.140. The largest absolute Gasteiger partial charge is 0.332 e. The number of rotatable bonds is 3. The monoisotopic (exact) mass is 322 g/mol. The molecule has 0 spiro atoms. The van der Waals surface area contributed by atoms with Gasteiger partial charge in [-0.05, 0) is 43.5 Å². The summed E-state index contributed by atoms with van der Waals surface area (Å²) < 4.78 is 0. The minimum absolute atomic E-state index is 0.0188. The molecule has 4 heteroatoms. The molecule has 3 rings (SSSR count). The molecule has 1 heterocycles. The van der Waals surface area contributed by atoms with E-state index in [1.165, 1.54) is 18.1 Å². The molecule has 1 unspecified atom stereocenters. The predicted molar refractivity (Wildman–Crippen MR) is 94.9 cm³/mol. The number of likely N-dealkylation sites (tertiary alicyclic amines) is 1. The summed E-state index contributed by atoms with van der Waals surface area (Å²) in [6.45, 7) is 4.29. The van der Waals surface area contributed by atoms with Gasteiger partial charge in [0.15, 0.2) is 0 Å². The quantitative estimate of drug-likeness (QED) is 0.931. The lowest BCUT2D eigenvalue weighted by Crippen LogP contribution is -2.30. The zero-order chi connectivity index (χ0) is 17.1. The Bertz CT molecular complexity index is 752. The SMILES string of the molecule is CC(=O)Nc1cccc(C(=O)N2CCCC2c2ccc(C)cc2)c1. The van der Waals surface area contributed by atoms with Crippen LogP contribution in [0.1, 0.15) is 47.3 Å². The number of nitrogens with zero attached hydrogens (tertiary/aromatic N) is 1. The molecule has 24 heavy (non-hydrogen) atoms. The summed E-state index contributed by atoms with van der Waals surface area (Å²) in [5.74, 6) is -0.122. The maximum Gasteiger partial charge on any atom is 0.254 e. The fourth-order valence-corrected chi connectivity index (χ4v) is 3.24. The number of hydrogen-bond acceptors (Lipinski definition) is 2. The molecule has 1 N–H and O–H groups in total. The van der Waals surface area contributed by atoms with Crippen molar-refractivity contribution < 1.29 is 9.59 Å². The molecule has 0 aromatic heterocycles. The Balaban J connectivity index is 1.83. The number of anilines is 1. The summed E-state index contributed by atoms with van der Waals surface area (Å²) in [7, 11) is 0. The van der Waals surface area contributed by atoms with Crippen LogP contribution in [0.5, 0.6) is 0 Å². The van der Waals surface area contributed by atoms with Gasteiger partial charge in [0, 0.05) is 24.7 Å². The van der Waals surface area contributed by atoms with Crippen molar-refractivity contribution in [3.63, 3.8) is 0 Å². The molecule has 1 saturated heterocycles. The van der Waals surface area contributed by atoms with Crippen molar-refractivity contribution in [1.29, 1.82) is 0 Å². The van der Waals surface area contributed by atoms with Crippen LogP contribution in [0.2, 0.25) is 0 Å². The summed E-state index contributed by atoms with van der Waals surface area (Å²) in [6, 6.07) is 15.7. The lowest BCUT2D eigenvalue weighted by atomic mass is 10.0. The molecule has 4 nitrogen and oxygen atoms in total. The zero-order valence-corrected chi connectivity index (χ0v) is 14.1. The number of benzene rings is 2. The molecular weight excluding hydrogens is 300 g/mol. The molecule has 0 aliphatic carbocycles. The van der Waals surface area contributed by atoms with Crippen molar-refractivity contribution in [2.24, 2.45) is 0 Å². The van der Waals surface area contributed by atoms with Crippen LogP contribution in [0.4, 0.5) is 5.69 Å². The second kappa shape index (κ2) is 6.87. The summed E-state index contributed by atoms with van der Waals surface area (Å²) in [4.78, 5) is 26.1. The first-order chi connectivity index (χ1) is 11.5. The van der Waals surface area contributed by atoms with Crippen LogP contribution in [0.3, 0.4) is 0 Å². The predicted octanol–water partition coefficient (Wildman–Crippen LogP) is 3.93. The van der Waals surface area contributed by atoms with Crippen LogP contribution >= 0.6 is 0 Å². The minimum Gasteiger partial charge on any atom is -0.332 e. The van der Waals surface area contributed by atoms with E-state index in [1.807, 2.05) is 4.90 Å². The molecule has 2 amide bonds. The van der Waals surface area contributed by atoms with Gasteiger partial charge in [-0.25, -0.2) is 0 Å². The van der Waals surface area contributed by atoms with Crippen LogP contribution in [-0.2, 0) is 4.79 Å². The fraction of sp³-hybridized carbons (Fsp3) is 0.300. The van der Waals surface area contributed by atoms with Gasteiger partial charge in [-0.2, -0.15) is 0 Å². The Morgan fingerprint density at radius 2 is 1.88 bits per heavy atom. The normalized spacial score (nSPS) is 16.9. The lowest BCUT2D eigenvalue weighted by Gasteiger charge is -2.25. The van der Waals surface area contributed by atoms with Gasteiger partial charge in [0.1, 0.15) is 0 Å². The van der Waals surface area contributed by atoms with E-state index in [4.69, 9.17) is 0 Å². The topological polar surface area (TPSA) is 49.4 Å². The second-order valence-electron chi connectivity index (χ2n) is 6.33. The summed E-state index contributed by atoms with van der Waals surface area (Å²) in [6.07, 6.45) is 2.00. The number of aryl methyl sites for hydroxylation is 1. The standard InChI is InChI=1S/C20H22N2O2/c1-14-8-10-16(11-9-14)19-7-4-12-22(19)20(24)17-5-3-6-18(13-17)21-15(2)23/h3,5-6,8-11,13,19H,4,7,12H2,1-2H3,(H,21,23). The number of carbonyl (C=O) groups excluding carboxylic acids is 2. The Labute approximate surface area is 142 Å². The zero-order valence-electron chi connectivity index (χ0n) is 14.1. The van der Waals surface area contributed by atoms with Crippen molar-refractivity contribution in [3.05, 3.63) is 65.2 Å². The van der Waals surface area contributed by atoms with E-state index in [9.17, 15) is 9.59 Å². The third kappa shape index (κ3) is 3.48. The van der Waals surface area contributed by atoms with Crippen molar-refractivity contribution in [2.45, 2.75) is 32.7 Å². The molecule has 2 aromatic carbocycles. The number of amides is 2. The van der Waals surface area contributed by atoms with Crippen LogP contribution < -0.4 is 5.32 Å². The van der Waals surface area contributed by atoms with E-state index in [0.717, 1.165) is 19.4 Å². The molecule has 1 atom stereocenters. The maximum atomic E-state index is 12.9. The first kappa shape index (κ1) is 16.2.